The first kappa shape index (κ1) is 21.9. The van der Waals surface area contributed by atoms with Crippen molar-refractivity contribution in [3.63, 3.8) is 0 Å². The van der Waals surface area contributed by atoms with E-state index in [1.165, 1.54) is 17.4 Å². The Balaban J connectivity index is 1.83. The van der Waals surface area contributed by atoms with Gasteiger partial charge < -0.3 is 0 Å². The summed E-state index contributed by atoms with van der Waals surface area (Å²) in [6, 6.07) is 16.3. The second kappa shape index (κ2) is 9.22. The number of anilines is 1. The second-order valence-corrected chi connectivity index (χ2v) is 17.0. The molecule has 0 bridgehead atoms. The third-order valence-electron chi connectivity index (χ3n) is 4.02. The summed E-state index contributed by atoms with van der Waals surface area (Å²) >= 11 is 4.37. The maximum atomic E-state index is 11.3. The third-order valence-corrected chi connectivity index (χ3v) is 10.0. The molecule has 0 radical (unpaired) electrons. The van der Waals surface area contributed by atoms with Gasteiger partial charge in [-0.15, -0.1) is 0 Å². The summed E-state index contributed by atoms with van der Waals surface area (Å²) in [6.45, 7) is 7.27. The van der Waals surface area contributed by atoms with Crippen LogP contribution in [0.5, 0.6) is 0 Å². The van der Waals surface area contributed by atoms with Crippen LogP contribution in [0.25, 0.3) is 0 Å². The van der Waals surface area contributed by atoms with Gasteiger partial charge in [-0.3, -0.25) is 0 Å². The Bertz CT molecular complexity index is 872. The average molecular weight is 467 g/mol. The molecule has 2 rings (SSSR count). The van der Waals surface area contributed by atoms with Crippen molar-refractivity contribution >= 4 is 45.7 Å². The number of benzene rings is 2. The third kappa shape index (κ3) is 8.04. The van der Waals surface area contributed by atoms with Gasteiger partial charge >= 0.3 is 142 Å². The zero-order valence-electron chi connectivity index (χ0n) is 16.2. The Morgan fingerprint density at radius 1 is 1.00 bits per heavy atom. The van der Waals surface area contributed by atoms with E-state index in [2.05, 4.69) is 55.7 Å². The van der Waals surface area contributed by atoms with Crippen molar-refractivity contribution in [3.8, 4) is 0 Å². The Morgan fingerprint density at radius 2 is 1.56 bits per heavy atom. The van der Waals surface area contributed by atoms with Gasteiger partial charge in [0.25, 0.3) is 0 Å². The van der Waals surface area contributed by atoms with E-state index in [0.717, 1.165) is 11.3 Å². The van der Waals surface area contributed by atoms with Crippen LogP contribution in [0.1, 0.15) is 37.5 Å². The summed E-state index contributed by atoms with van der Waals surface area (Å²) in [5.41, 5.74) is 4.57. The van der Waals surface area contributed by atoms with E-state index >= 15 is 0 Å². The Kier molecular flexibility index (Phi) is 7.49. The van der Waals surface area contributed by atoms with Crippen molar-refractivity contribution < 1.29 is 8.42 Å². The minimum absolute atomic E-state index is 0.151. The van der Waals surface area contributed by atoms with E-state index in [0.29, 0.717) is 16.9 Å². The fraction of sp³-hybridized carbons (Fsp3) is 0.350. The van der Waals surface area contributed by atoms with Gasteiger partial charge in [-0.05, 0) is 11.0 Å². The normalized spacial score (nSPS) is 12.3. The Morgan fingerprint density at radius 3 is 2.07 bits per heavy atom. The van der Waals surface area contributed by atoms with Gasteiger partial charge in [-0.25, -0.2) is 0 Å². The molecule has 0 amide bonds. The first-order valence-electron chi connectivity index (χ1n) is 8.71. The van der Waals surface area contributed by atoms with Crippen LogP contribution in [0.4, 0.5) is 5.69 Å². The summed E-state index contributed by atoms with van der Waals surface area (Å²) in [4.78, 5) is 0. The van der Waals surface area contributed by atoms with E-state index in [9.17, 15) is 8.42 Å². The Hall–Kier alpha value is -1.36. The first-order valence-corrected chi connectivity index (χ1v) is 15.1. The van der Waals surface area contributed by atoms with Crippen LogP contribution < -0.4 is 10.6 Å². The van der Waals surface area contributed by atoms with Crippen molar-refractivity contribution in [2.75, 3.05) is 11.6 Å². The zero-order valence-corrected chi connectivity index (χ0v) is 19.9. The van der Waals surface area contributed by atoms with E-state index in [1.807, 2.05) is 24.3 Å². The van der Waals surface area contributed by atoms with Crippen molar-refractivity contribution in [2.45, 2.75) is 37.9 Å². The molecule has 0 heterocycles. The molecule has 0 aliphatic rings. The topological polar surface area (TPSA) is 58.2 Å². The second-order valence-electron chi connectivity index (χ2n) is 7.54. The molecule has 0 aliphatic heterocycles. The molecule has 2 N–H and O–H groups in total. The molecule has 2 aromatic rings. The molecule has 0 saturated heterocycles. The van der Waals surface area contributed by atoms with Gasteiger partial charge in [0.1, 0.15) is 0 Å². The van der Waals surface area contributed by atoms with E-state index in [4.69, 9.17) is 12.2 Å². The van der Waals surface area contributed by atoms with Gasteiger partial charge in [0.2, 0.25) is 0 Å². The molecule has 7 heteroatoms. The molecule has 0 aromatic heterocycles. The van der Waals surface area contributed by atoms with Crippen LogP contribution >= 0.6 is 12.2 Å². The van der Waals surface area contributed by atoms with Crippen molar-refractivity contribution in [2.24, 2.45) is 0 Å². The number of thiocarbonyl (C=S) groups is 1. The SMILES string of the molecule is CC(C)(C)c1ccc(CNC(=S)Nc2ccc(C[AsH]S(C)(=O)=O)cc2)cc1. The fourth-order valence-electron chi connectivity index (χ4n) is 2.40. The van der Waals surface area contributed by atoms with Gasteiger partial charge in [-0.2, -0.15) is 0 Å². The van der Waals surface area contributed by atoms with Gasteiger partial charge in [0.15, 0.2) is 0 Å². The first-order chi connectivity index (χ1) is 12.5. The van der Waals surface area contributed by atoms with Crippen molar-refractivity contribution in [1.82, 2.24) is 5.32 Å². The zero-order chi connectivity index (χ0) is 20.1. The van der Waals surface area contributed by atoms with Gasteiger partial charge in [-0.1, -0.05) is 20.8 Å². The van der Waals surface area contributed by atoms with Crippen LogP contribution in [0, 0.1) is 0 Å². The summed E-state index contributed by atoms with van der Waals surface area (Å²) in [5, 5.41) is 7.58. The molecule has 0 aliphatic carbocycles. The molecule has 2 aromatic carbocycles. The molecule has 146 valence electrons. The molecule has 1 atom stereocenters. The summed E-state index contributed by atoms with van der Waals surface area (Å²) in [6.07, 6.45) is 1.31. The van der Waals surface area contributed by atoms with Crippen LogP contribution in [0.2, 0.25) is 0 Å². The van der Waals surface area contributed by atoms with Crippen LogP contribution in [-0.4, -0.2) is 34.4 Å². The van der Waals surface area contributed by atoms with Crippen molar-refractivity contribution in [1.29, 1.82) is 0 Å². The molecule has 0 spiro atoms. The average Bonchev–Trinajstić information content (AvgIpc) is 2.58. The molecular formula is C20H27AsN2O2S2. The maximum absolute atomic E-state index is 11.3. The number of rotatable bonds is 6. The molecule has 1 unspecified atom stereocenters. The minimum atomic E-state index is -2.82. The predicted octanol–water partition coefficient (Wildman–Crippen LogP) is 3.37. The summed E-state index contributed by atoms with van der Waals surface area (Å²) < 4.78 is 22.6. The molecule has 0 fully saturated rings. The van der Waals surface area contributed by atoms with Crippen molar-refractivity contribution in [3.05, 3.63) is 65.2 Å². The number of nitrogens with one attached hydrogen (secondary N) is 2. The van der Waals surface area contributed by atoms with E-state index < -0.39 is 22.7 Å². The summed E-state index contributed by atoms with van der Waals surface area (Å²) in [5.74, 6) is 0. The van der Waals surface area contributed by atoms with E-state index in [-0.39, 0.29) is 5.41 Å². The monoisotopic (exact) mass is 466 g/mol. The summed E-state index contributed by atoms with van der Waals surface area (Å²) in [7, 11) is -2.82. The molecule has 0 saturated carbocycles. The van der Waals surface area contributed by atoms with Gasteiger partial charge in [0.05, 0.1) is 0 Å². The Labute approximate surface area is 173 Å². The standard InChI is InChI=1S/C20H27AsN2O2S2/c1-20(2,3)17-9-5-16(6-10-17)14-22-19(26)23-18-11-7-15(8-12-18)13-21-27(4,24)25/h5-12,21H,13-14H2,1-4H3,(H2,22,23,26). The van der Waals surface area contributed by atoms with Crippen LogP contribution in [0.15, 0.2) is 48.5 Å². The number of hydrogen-bond donors (Lipinski definition) is 2. The molecular weight excluding hydrogens is 439 g/mol. The van der Waals surface area contributed by atoms with E-state index in [1.54, 1.807) is 0 Å². The molecule has 4 nitrogen and oxygen atoms in total. The van der Waals surface area contributed by atoms with Crippen LogP contribution in [-0.2, 0) is 25.3 Å². The predicted molar refractivity (Wildman–Crippen MR) is 120 cm³/mol. The molecule has 27 heavy (non-hydrogen) atoms. The fourth-order valence-corrected chi connectivity index (χ4v) is 6.21. The number of hydrogen-bond acceptors (Lipinski definition) is 3. The quantitative estimate of drug-likeness (QED) is 0.505. The van der Waals surface area contributed by atoms with Crippen LogP contribution in [0.3, 0.4) is 0 Å². The van der Waals surface area contributed by atoms with Gasteiger partial charge in [0, 0.05) is 0 Å².